The summed E-state index contributed by atoms with van der Waals surface area (Å²) in [4.78, 5) is 37.5. The van der Waals surface area contributed by atoms with Gasteiger partial charge in [0.25, 0.3) is 0 Å². The molecular weight excluding hydrogens is 370 g/mol. The van der Waals surface area contributed by atoms with Crippen molar-refractivity contribution in [2.45, 2.75) is 32.6 Å². The monoisotopic (exact) mass is 395 g/mol. The first-order valence-electron chi connectivity index (χ1n) is 9.76. The highest BCUT2D eigenvalue weighted by atomic mass is 16.6. The average Bonchev–Trinajstić information content (AvgIpc) is 3.16. The van der Waals surface area contributed by atoms with Crippen LogP contribution in [0.1, 0.15) is 48.5 Å². The molecule has 29 heavy (non-hydrogen) atoms. The normalized spacial score (nSPS) is 13.6. The Morgan fingerprint density at radius 1 is 1.00 bits per heavy atom. The number of ether oxygens (including phenoxy) is 2. The van der Waals surface area contributed by atoms with Crippen LogP contribution in [0.15, 0.2) is 48.5 Å². The van der Waals surface area contributed by atoms with E-state index in [1.807, 2.05) is 12.1 Å². The van der Waals surface area contributed by atoms with Crippen LogP contribution >= 0.6 is 0 Å². The maximum Gasteiger partial charge on any atom is 0.344 e. The van der Waals surface area contributed by atoms with Crippen LogP contribution in [-0.4, -0.2) is 37.4 Å². The Balaban J connectivity index is 1.43. The Kier molecular flexibility index (Phi) is 6.65. The number of ketones is 1. The Morgan fingerprint density at radius 2 is 1.69 bits per heavy atom. The summed E-state index contributed by atoms with van der Waals surface area (Å²) < 4.78 is 10.4. The van der Waals surface area contributed by atoms with Crippen LogP contribution in [0.25, 0.3) is 0 Å². The quantitative estimate of drug-likeness (QED) is 0.503. The fourth-order valence-corrected chi connectivity index (χ4v) is 3.11. The van der Waals surface area contributed by atoms with E-state index >= 15 is 0 Å². The van der Waals surface area contributed by atoms with E-state index in [4.69, 9.17) is 9.47 Å². The van der Waals surface area contributed by atoms with Crippen LogP contribution in [-0.2, 0) is 14.3 Å². The third kappa shape index (κ3) is 5.44. The molecule has 6 heteroatoms. The molecule has 0 aliphatic carbocycles. The van der Waals surface area contributed by atoms with E-state index in [-0.39, 0.29) is 24.9 Å². The van der Waals surface area contributed by atoms with Crippen molar-refractivity contribution in [1.29, 1.82) is 0 Å². The molecule has 0 atom stereocenters. The SMILES string of the molecule is CC(C)c1ccc(C(=O)COC(=O)COc2ccc(N3CCCC3=O)cc2)cc1. The molecule has 1 amide bonds. The van der Waals surface area contributed by atoms with Gasteiger partial charge in [0.05, 0.1) is 0 Å². The van der Waals surface area contributed by atoms with Gasteiger partial charge in [-0.1, -0.05) is 38.1 Å². The topological polar surface area (TPSA) is 72.9 Å². The third-order valence-electron chi connectivity index (χ3n) is 4.84. The van der Waals surface area contributed by atoms with E-state index in [0.717, 1.165) is 24.2 Å². The molecular formula is C23H25NO5. The lowest BCUT2D eigenvalue weighted by Crippen LogP contribution is -2.23. The van der Waals surface area contributed by atoms with Crippen LogP contribution < -0.4 is 9.64 Å². The summed E-state index contributed by atoms with van der Waals surface area (Å²) >= 11 is 0. The zero-order chi connectivity index (χ0) is 20.8. The summed E-state index contributed by atoms with van der Waals surface area (Å²) in [6, 6.07) is 14.3. The molecule has 1 aliphatic heterocycles. The Morgan fingerprint density at radius 3 is 2.28 bits per heavy atom. The molecule has 0 bridgehead atoms. The first-order valence-corrected chi connectivity index (χ1v) is 9.76. The number of hydrogen-bond donors (Lipinski definition) is 0. The van der Waals surface area contributed by atoms with E-state index in [1.54, 1.807) is 41.3 Å². The molecule has 0 saturated carbocycles. The second kappa shape index (κ2) is 9.37. The molecule has 3 rings (SSSR count). The van der Waals surface area contributed by atoms with Gasteiger partial charge in [-0.3, -0.25) is 9.59 Å². The number of Topliss-reactive ketones (excluding diaryl/α,β-unsaturated/α-hetero) is 1. The zero-order valence-corrected chi connectivity index (χ0v) is 16.7. The highest BCUT2D eigenvalue weighted by Crippen LogP contribution is 2.23. The van der Waals surface area contributed by atoms with Gasteiger partial charge < -0.3 is 14.4 Å². The van der Waals surface area contributed by atoms with Gasteiger partial charge in [-0.05, 0) is 42.2 Å². The van der Waals surface area contributed by atoms with Crippen molar-refractivity contribution in [2.24, 2.45) is 0 Å². The number of benzene rings is 2. The van der Waals surface area contributed by atoms with Crippen LogP contribution in [0.4, 0.5) is 5.69 Å². The van der Waals surface area contributed by atoms with Gasteiger partial charge in [-0.2, -0.15) is 0 Å². The summed E-state index contributed by atoms with van der Waals surface area (Å²) in [6.07, 6.45) is 1.44. The number of hydrogen-bond acceptors (Lipinski definition) is 5. The summed E-state index contributed by atoms with van der Waals surface area (Å²) in [5.74, 6) is 0.127. The van der Waals surface area contributed by atoms with Crippen molar-refractivity contribution in [2.75, 3.05) is 24.7 Å². The van der Waals surface area contributed by atoms with Crippen molar-refractivity contribution in [3.63, 3.8) is 0 Å². The summed E-state index contributed by atoms with van der Waals surface area (Å²) in [6.45, 7) is 4.27. The molecule has 1 aliphatic rings. The Hall–Kier alpha value is -3.15. The number of carbonyl (C=O) groups is 3. The molecule has 152 valence electrons. The first-order chi connectivity index (χ1) is 13.9. The minimum atomic E-state index is -0.615. The molecule has 2 aromatic carbocycles. The van der Waals surface area contributed by atoms with Gasteiger partial charge in [0.2, 0.25) is 5.91 Å². The van der Waals surface area contributed by atoms with Crippen molar-refractivity contribution < 1.29 is 23.9 Å². The van der Waals surface area contributed by atoms with E-state index in [0.29, 0.717) is 23.7 Å². The molecule has 1 fully saturated rings. The molecule has 0 spiro atoms. The van der Waals surface area contributed by atoms with Crippen LogP contribution in [0.3, 0.4) is 0 Å². The van der Waals surface area contributed by atoms with Gasteiger partial charge >= 0.3 is 5.97 Å². The maximum atomic E-state index is 12.1. The lowest BCUT2D eigenvalue weighted by molar-refractivity contribution is -0.144. The number of nitrogens with zero attached hydrogens (tertiary/aromatic N) is 1. The van der Waals surface area contributed by atoms with Gasteiger partial charge in [-0.15, -0.1) is 0 Å². The van der Waals surface area contributed by atoms with E-state index < -0.39 is 5.97 Å². The predicted octanol–water partition coefficient (Wildman–Crippen LogP) is 3.74. The van der Waals surface area contributed by atoms with Crippen molar-refractivity contribution in [3.8, 4) is 5.75 Å². The van der Waals surface area contributed by atoms with Gasteiger partial charge in [0, 0.05) is 24.2 Å². The summed E-state index contributed by atoms with van der Waals surface area (Å²) in [7, 11) is 0. The predicted molar refractivity (Wildman–Crippen MR) is 109 cm³/mol. The Bertz CT molecular complexity index is 871. The smallest absolute Gasteiger partial charge is 0.344 e. The maximum absolute atomic E-state index is 12.1. The summed E-state index contributed by atoms with van der Waals surface area (Å²) in [5, 5.41) is 0. The van der Waals surface area contributed by atoms with Crippen molar-refractivity contribution in [1.82, 2.24) is 0 Å². The molecule has 1 heterocycles. The van der Waals surface area contributed by atoms with Crippen LogP contribution in [0, 0.1) is 0 Å². The standard InChI is InChI=1S/C23H25NO5/c1-16(2)17-5-7-18(8-6-17)21(25)14-29-23(27)15-28-20-11-9-19(10-12-20)24-13-3-4-22(24)26/h5-12,16H,3-4,13-15H2,1-2H3. The number of esters is 1. The number of carbonyl (C=O) groups excluding carboxylic acids is 3. The van der Waals surface area contributed by atoms with E-state index in [1.165, 1.54) is 0 Å². The zero-order valence-electron chi connectivity index (χ0n) is 16.7. The number of anilines is 1. The molecule has 0 unspecified atom stereocenters. The Labute approximate surface area is 170 Å². The number of rotatable bonds is 8. The van der Waals surface area contributed by atoms with Gasteiger partial charge in [0.15, 0.2) is 19.0 Å². The van der Waals surface area contributed by atoms with Gasteiger partial charge in [0.1, 0.15) is 5.75 Å². The molecule has 2 aromatic rings. The minimum Gasteiger partial charge on any atom is -0.482 e. The fraction of sp³-hybridized carbons (Fsp3) is 0.348. The van der Waals surface area contributed by atoms with Crippen LogP contribution in [0.2, 0.25) is 0 Å². The average molecular weight is 395 g/mol. The van der Waals surface area contributed by atoms with Crippen molar-refractivity contribution in [3.05, 3.63) is 59.7 Å². The van der Waals surface area contributed by atoms with E-state index in [2.05, 4.69) is 13.8 Å². The largest absolute Gasteiger partial charge is 0.482 e. The molecule has 0 radical (unpaired) electrons. The first kappa shape index (κ1) is 20.6. The number of amides is 1. The lowest BCUT2D eigenvalue weighted by Gasteiger charge is -2.16. The highest BCUT2D eigenvalue weighted by molar-refractivity contribution is 5.98. The van der Waals surface area contributed by atoms with Crippen LogP contribution in [0.5, 0.6) is 5.75 Å². The third-order valence-corrected chi connectivity index (χ3v) is 4.84. The van der Waals surface area contributed by atoms with E-state index in [9.17, 15) is 14.4 Å². The summed E-state index contributed by atoms with van der Waals surface area (Å²) in [5.41, 5.74) is 2.47. The second-order valence-electron chi connectivity index (χ2n) is 7.29. The highest BCUT2D eigenvalue weighted by Gasteiger charge is 2.21. The minimum absolute atomic E-state index is 0.116. The molecule has 6 nitrogen and oxygen atoms in total. The van der Waals surface area contributed by atoms with Gasteiger partial charge in [-0.25, -0.2) is 4.79 Å². The lowest BCUT2D eigenvalue weighted by atomic mass is 10.0. The second-order valence-corrected chi connectivity index (χ2v) is 7.29. The molecule has 0 N–H and O–H groups in total. The molecule has 1 saturated heterocycles. The molecule has 0 aromatic heterocycles. The van der Waals surface area contributed by atoms with Crippen molar-refractivity contribution >= 4 is 23.3 Å². The fourth-order valence-electron chi connectivity index (χ4n) is 3.11.